The lowest BCUT2D eigenvalue weighted by Gasteiger charge is -2.07. The van der Waals surface area contributed by atoms with E-state index < -0.39 is 11.9 Å². The van der Waals surface area contributed by atoms with E-state index in [0.29, 0.717) is 0 Å². The zero-order valence-electron chi connectivity index (χ0n) is 11.8. The Morgan fingerprint density at radius 1 is 1.00 bits per heavy atom. The second kappa shape index (κ2) is 10.1. The first kappa shape index (κ1) is 18.3. The smallest absolute Gasteiger partial charge is 0.322 e. The lowest BCUT2D eigenvalue weighted by atomic mass is 10.6. The highest BCUT2D eigenvalue weighted by molar-refractivity contribution is 5.72. The van der Waals surface area contributed by atoms with Gasteiger partial charge in [-0.3, -0.25) is 9.59 Å². The number of aromatic nitrogens is 3. The number of carboxylic acid groups (broad SMARTS) is 2. The first-order chi connectivity index (χ1) is 9.92. The highest BCUT2D eigenvalue weighted by Crippen LogP contribution is 2.08. The maximum absolute atomic E-state index is 10.4. The molecule has 1 aromatic heterocycles. The van der Waals surface area contributed by atoms with Crippen molar-refractivity contribution in [2.75, 3.05) is 42.6 Å². The maximum Gasteiger partial charge on any atom is 0.322 e. The average Bonchev–Trinajstić information content (AvgIpc) is 2.43. The van der Waals surface area contributed by atoms with Gasteiger partial charge in [0.1, 0.15) is 13.1 Å². The van der Waals surface area contributed by atoms with Crippen LogP contribution in [0.3, 0.4) is 0 Å². The second-order valence-electron chi connectivity index (χ2n) is 3.46. The van der Waals surface area contributed by atoms with Crippen molar-refractivity contribution in [2.45, 2.75) is 6.92 Å². The van der Waals surface area contributed by atoms with Gasteiger partial charge in [-0.25, -0.2) is 0 Å². The third-order valence-electron chi connectivity index (χ3n) is 1.65. The van der Waals surface area contributed by atoms with E-state index in [4.69, 9.17) is 15.9 Å². The van der Waals surface area contributed by atoms with Crippen LogP contribution in [0.4, 0.5) is 17.8 Å². The van der Waals surface area contributed by atoms with E-state index in [1.54, 1.807) is 7.05 Å². The topological polar surface area (TPSA) is 175 Å². The number of nitrogens with zero attached hydrogens (tertiary/aromatic N) is 3. The average molecular weight is 301 g/mol. The van der Waals surface area contributed by atoms with Crippen LogP contribution in [0.1, 0.15) is 6.92 Å². The van der Waals surface area contributed by atoms with Crippen molar-refractivity contribution in [2.24, 2.45) is 5.73 Å². The van der Waals surface area contributed by atoms with Crippen LogP contribution in [0.2, 0.25) is 0 Å². The van der Waals surface area contributed by atoms with Crippen LogP contribution in [0.5, 0.6) is 0 Å². The molecule has 0 radical (unpaired) electrons. The summed E-state index contributed by atoms with van der Waals surface area (Å²) in [5.74, 6) is -1.89. The number of nitrogens with one attached hydrogen (secondary N) is 3. The number of anilines is 3. The van der Waals surface area contributed by atoms with Crippen molar-refractivity contribution < 1.29 is 19.8 Å². The van der Waals surface area contributed by atoms with Gasteiger partial charge in [0, 0.05) is 7.05 Å². The fourth-order valence-corrected chi connectivity index (χ4v) is 0.955. The minimum atomic E-state index is -1.07. The van der Waals surface area contributed by atoms with Crippen molar-refractivity contribution in [3.05, 3.63) is 0 Å². The molecule has 0 aliphatic rings. The summed E-state index contributed by atoms with van der Waals surface area (Å²) >= 11 is 0. The summed E-state index contributed by atoms with van der Waals surface area (Å²) < 4.78 is 0. The van der Waals surface area contributed by atoms with Crippen LogP contribution < -0.4 is 21.7 Å². The van der Waals surface area contributed by atoms with E-state index in [1.807, 2.05) is 6.92 Å². The van der Waals surface area contributed by atoms with Gasteiger partial charge in [-0.15, -0.1) is 0 Å². The molecule has 0 unspecified atom stereocenters. The SMILES string of the molecule is CCN.CNc1nc(NCC(=O)O)nc(NCC(=O)O)n1. The molecule has 0 aromatic carbocycles. The van der Waals surface area contributed by atoms with Gasteiger partial charge in [0.15, 0.2) is 0 Å². The van der Waals surface area contributed by atoms with E-state index in [0.717, 1.165) is 6.54 Å². The molecule has 0 saturated heterocycles. The molecular formula is C10H19N7O4. The van der Waals surface area contributed by atoms with E-state index >= 15 is 0 Å². The largest absolute Gasteiger partial charge is 0.480 e. The lowest BCUT2D eigenvalue weighted by molar-refractivity contribution is -0.135. The Bertz CT molecular complexity index is 432. The third kappa shape index (κ3) is 8.93. The number of hydrogen-bond donors (Lipinski definition) is 6. The van der Waals surface area contributed by atoms with Gasteiger partial charge in [-0.05, 0) is 6.54 Å². The van der Waals surface area contributed by atoms with Crippen LogP contribution in [0, 0.1) is 0 Å². The lowest BCUT2D eigenvalue weighted by Crippen LogP contribution is -2.18. The normalized spacial score (nSPS) is 9.10. The minimum Gasteiger partial charge on any atom is -0.480 e. The zero-order valence-corrected chi connectivity index (χ0v) is 11.8. The fourth-order valence-electron chi connectivity index (χ4n) is 0.955. The summed E-state index contributed by atoms with van der Waals surface area (Å²) in [6.45, 7) is 1.94. The Labute approximate surface area is 121 Å². The molecule has 1 heterocycles. The number of aliphatic carboxylic acids is 2. The quantitative estimate of drug-likeness (QED) is 0.359. The molecule has 0 aliphatic heterocycles. The monoisotopic (exact) mass is 301 g/mol. The molecule has 1 aromatic rings. The molecular weight excluding hydrogens is 282 g/mol. The third-order valence-corrected chi connectivity index (χ3v) is 1.65. The molecule has 11 nitrogen and oxygen atoms in total. The molecule has 0 saturated carbocycles. The van der Waals surface area contributed by atoms with Gasteiger partial charge in [-0.2, -0.15) is 15.0 Å². The van der Waals surface area contributed by atoms with E-state index in [9.17, 15) is 9.59 Å². The summed E-state index contributed by atoms with van der Waals surface area (Å²) in [5.41, 5.74) is 4.85. The second-order valence-corrected chi connectivity index (χ2v) is 3.46. The van der Waals surface area contributed by atoms with Gasteiger partial charge in [0.2, 0.25) is 17.8 Å². The predicted molar refractivity (Wildman–Crippen MR) is 76.4 cm³/mol. The number of rotatable bonds is 7. The van der Waals surface area contributed by atoms with Crippen LogP contribution in [0.15, 0.2) is 0 Å². The number of nitrogens with two attached hydrogens (primary N) is 1. The Morgan fingerprint density at radius 3 is 1.62 bits per heavy atom. The van der Waals surface area contributed by atoms with Gasteiger partial charge >= 0.3 is 11.9 Å². The molecule has 0 atom stereocenters. The van der Waals surface area contributed by atoms with Crippen molar-refractivity contribution in [3.63, 3.8) is 0 Å². The number of carboxylic acids is 2. The molecule has 0 spiro atoms. The summed E-state index contributed by atoms with van der Waals surface area (Å²) in [6.07, 6.45) is 0. The first-order valence-corrected chi connectivity index (χ1v) is 5.98. The molecule has 0 fully saturated rings. The summed E-state index contributed by atoms with van der Waals surface area (Å²) in [6, 6.07) is 0. The fraction of sp³-hybridized carbons (Fsp3) is 0.500. The molecule has 11 heteroatoms. The van der Waals surface area contributed by atoms with Crippen molar-refractivity contribution >= 4 is 29.8 Å². The summed E-state index contributed by atoms with van der Waals surface area (Å²) in [7, 11) is 1.57. The van der Waals surface area contributed by atoms with Crippen LogP contribution in [-0.2, 0) is 9.59 Å². The standard InChI is InChI=1S/C8H12N6O4.C2H7N/c1-9-6-12-7(10-2-4(15)16)14-8(13-6)11-3-5(17)18;1-2-3/h2-3H2,1H3,(H,15,16)(H,17,18)(H3,9,10,11,12,13,14);2-3H2,1H3. The summed E-state index contributed by atoms with van der Waals surface area (Å²) in [4.78, 5) is 32.3. The Balaban J connectivity index is 0.00000122. The van der Waals surface area contributed by atoms with E-state index in [2.05, 4.69) is 30.9 Å². The highest BCUT2D eigenvalue weighted by atomic mass is 16.4. The maximum atomic E-state index is 10.4. The zero-order chi connectivity index (χ0) is 16.3. The number of carbonyl (C=O) groups is 2. The van der Waals surface area contributed by atoms with Crippen LogP contribution >= 0.6 is 0 Å². The van der Waals surface area contributed by atoms with Crippen LogP contribution in [-0.4, -0.2) is 63.8 Å². The first-order valence-electron chi connectivity index (χ1n) is 5.98. The molecule has 118 valence electrons. The molecule has 7 N–H and O–H groups in total. The number of hydrogen-bond acceptors (Lipinski definition) is 9. The Hall–Kier alpha value is -2.69. The highest BCUT2D eigenvalue weighted by Gasteiger charge is 2.07. The molecule has 21 heavy (non-hydrogen) atoms. The predicted octanol–water partition coefficient (Wildman–Crippen LogP) is -1.13. The molecule has 1 rings (SSSR count). The Morgan fingerprint density at radius 2 is 1.33 bits per heavy atom. The van der Waals surface area contributed by atoms with Crippen molar-refractivity contribution in [1.29, 1.82) is 0 Å². The van der Waals surface area contributed by atoms with Gasteiger partial charge in [0.05, 0.1) is 0 Å². The van der Waals surface area contributed by atoms with Crippen molar-refractivity contribution in [3.8, 4) is 0 Å². The van der Waals surface area contributed by atoms with Crippen LogP contribution in [0.25, 0.3) is 0 Å². The summed E-state index contributed by atoms with van der Waals surface area (Å²) in [5, 5.41) is 24.6. The molecule has 0 amide bonds. The Kier molecular flexibility index (Phi) is 8.84. The van der Waals surface area contributed by atoms with Gasteiger partial charge in [0.25, 0.3) is 0 Å². The molecule has 0 aliphatic carbocycles. The minimum absolute atomic E-state index is 0.0321. The van der Waals surface area contributed by atoms with Gasteiger partial charge < -0.3 is 31.9 Å². The molecule has 0 bridgehead atoms. The van der Waals surface area contributed by atoms with E-state index in [-0.39, 0.29) is 30.9 Å². The van der Waals surface area contributed by atoms with Gasteiger partial charge in [-0.1, -0.05) is 6.92 Å². The van der Waals surface area contributed by atoms with E-state index in [1.165, 1.54) is 0 Å². The van der Waals surface area contributed by atoms with Crippen molar-refractivity contribution in [1.82, 2.24) is 15.0 Å².